The van der Waals surface area contributed by atoms with E-state index < -0.39 is 5.43 Å². The molecule has 0 atom stereocenters. The number of methoxy groups -OCH3 is 1. The van der Waals surface area contributed by atoms with Gasteiger partial charge in [-0.3, -0.25) is 4.79 Å². The van der Waals surface area contributed by atoms with E-state index in [1.807, 2.05) is 24.3 Å². The predicted molar refractivity (Wildman–Crippen MR) is 122 cm³/mol. The quantitative estimate of drug-likeness (QED) is 0.295. The number of hydrogen-bond acceptors (Lipinski definition) is 8. The first kappa shape index (κ1) is 22.5. The van der Waals surface area contributed by atoms with Gasteiger partial charge in [0.15, 0.2) is 16.8 Å². The van der Waals surface area contributed by atoms with Crippen LogP contribution < -0.4 is 26.5 Å². The smallest absolute Gasteiger partial charge is 0.204 e. The van der Waals surface area contributed by atoms with Crippen molar-refractivity contribution >= 4 is 16.7 Å². The van der Waals surface area contributed by atoms with Crippen molar-refractivity contribution in [3.8, 4) is 28.6 Å². The number of fused-ring (bicyclic) bond motifs is 1. The van der Waals surface area contributed by atoms with Crippen molar-refractivity contribution < 1.29 is 19.4 Å². The zero-order valence-corrected chi connectivity index (χ0v) is 17.6. The van der Waals surface area contributed by atoms with Crippen LogP contribution in [-0.4, -0.2) is 43.5 Å². The monoisotopic (exact) mass is 427 g/mol. The molecule has 3 aromatic rings. The van der Waals surface area contributed by atoms with Crippen LogP contribution in [0.15, 0.2) is 45.6 Å². The fourth-order valence-corrected chi connectivity index (χ4v) is 3.33. The number of hydrogen-bond donors (Lipinski definition) is 5. The van der Waals surface area contributed by atoms with E-state index in [1.165, 1.54) is 13.2 Å². The second-order valence-corrected chi connectivity index (χ2v) is 7.23. The van der Waals surface area contributed by atoms with Gasteiger partial charge in [0.05, 0.1) is 7.11 Å². The number of phenols is 2. The van der Waals surface area contributed by atoms with Crippen molar-refractivity contribution in [1.29, 1.82) is 0 Å². The van der Waals surface area contributed by atoms with Crippen LogP contribution in [0.2, 0.25) is 0 Å². The number of anilines is 1. The summed E-state index contributed by atoms with van der Waals surface area (Å²) in [5.74, 6) is -0.344. The van der Waals surface area contributed by atoms with Gasteiger partial charge in [-0.05, 0) is 63.2 Å². The third kappa shape index (κ3) is 5.48. The van der Waals surface area contributed by atoms with Crippen LogP contribution in [0.25, 0.3) is 22.3 Å². The molecule has 0 amide bonds. The molecule has 31 heavy (non-hydrogen) atoms. The number of phenolic OH excluding ortho intramolecular Hbond substituents is 2. The van der Waals surface area contributed by atoms with Gasteiger partial charge in [-0.15, -0.1) is 0 Å². The lowest BCUT2D eigenvalue weighted by molar-refractivity contribution is 0.367. The molecule has 0 spiro atoms. The molecule has 0 aliphatic carbocycles. The van der Waals surface area contributed by atoms with Gasteiger partial charge in [0.1, 0.15) is 16.9 Å². The number of ether oxygens (including phenoxy) is 1. The van der Waals surface area contributed by atoms with E-state index in [2.05, 4.69) is 10.6 Å². The van der Waals surface area contributed by atoms with Crippen molar-refractivity contribution in [2.45, 2.75) is 19.3 Å². The molecule has 0 unspecified atom stereocenters. The topological polar surface area (TPSA) is 130 Å². The van der Waals surface area contributed by atoms with Gasteiger partial charge in [0, 0.05) is 29.9 Å². The van der Waals surface area contributed by atoms with Crippen molar-refractivity contribution in [3.05, 3.63) is 46.6 Å². The Hall–Kier alpha value is -3.23. The molecule has 0 bridgehead atoms. The molecule has 0 radical (unpaired) electrons. The maximum atomic E-state index is 12.5. The van der Waals surface area contributed by atoms with E-state index in [0.29, 0.717) is 17.9 Å². The molecular weight excluding hydrogens is 398 g/mol. The second-order valence-electron chi connectivity index (χ2n) is 7.23. The molecule has 1 heterocycles. The molecule has 0 saturated carbocycles. The summed E-state index contributed by atoms with van der Waals surface area (Å²) in [5.41, 5.74) is 6.71. The third-order valence-electron chi connectivity index (χ3n) is 4.96. The van der Waals surface area contributed by atoms with Crippen LogP contribution in [0.5, 0.6) is 17.2 Å². The normalized spacial score (nSPS) is 11.0. The number of benzene rings is 2. The Morgan fingerprint density at radius 3 is 2.42 bits per heavy atom. The predicted octanol–water partition coefficient (Wildman–Crippen LogP) is 3.01. The van der Waals surface area contributed by atoms with Gasteiger partial charge in [0.2, 0.25) is 5.75 Å². The van der Waals surface area contributed by atoms with Crippen LogP contribution in [0.1, 0.15) is 19.3 Å². The fraction of sp³-hybridized carbons (Fsp3) is 0.348. The molecule has 1 aromatic heterocycles. The molecular formula is C23H29N3O5. The fourth-order valence-electron chi connectivity index (χ4n) is 3.33. The minimum atomic E-state index is -0.422. The van der Waals surface area contributed by atoms with Gasteiger partial charge in [0.25, 0.3) is 0 Å². The second kappa shape index (κ2) is 10.7. The number of nitrogens with two attached hydrogens (primary N) is 1. The van der Waals surface area contributed by atoms with Gasteiger partial charge in [-0.25, -0.2) is 0 Å². The average Bonchev–Trinajstić information content (AvgIpc) is 2.75. The van der Waals surface area contributed by atoms with Gasteiger partial charge in [-0.2, -0.15) is 0 Å². The van der Waals surface area contributed by atoms with Crippen molar-refractivity contribution in [2.75, 3.05) is 38.6 Å². The van der Waals surface area contributed by atoms with E-state index in [0.717, 1.165) is 50.7 Å². The number of rotatable bonds is 11. The molecule has 3 rings (SSSR count). The minimum Gasteiger partial charge on any atom is -0.507 e. The summed E-state index contributed by atoms with van der Waals surface area (Å²) in [4.78, 5) is 12.5. The molecule has 0 aliphatic heterocycles. The number of aromatic hydroxyl groups is 2. The van der Waals surface area contributed by atoms with E-state index in [-0.39, 0.29) is 28.2 Å². The molecule has 6 N–H and O–H groups in total. The molecule has 0 saturated heterocycles. The van der Waals surface area contributed by atoms with Crippen LogP contribution in [-0.2, 0) is 0 Å². The molecule has 166 valence electrons. The van der Waals surface area contributed by atoms with Crippen molar-refractivity contribution in [2.24, 2.45) is 5.73 Å². The molecule has 0 fully saturated rings. The first-order valence-corrected chi connectivity index (χ1v) is 10.4. The van der Waals surface area contributed by atoms with E-state index in [9.17, 15) is 15.0 Å². The van der Waals surface area contributed by atoms with Crippen LogP contribution >= 0.6 is 0 Å². The number of nitrogens with one attached hydrogen (secondary N) is 2. The first-order valence-electron chi connectivity index (χ1n) is 10.4. The van der Waals surface area contributed by atoms with Crippen LogP contribution in [0.4, 0.5) is 5.69 Å². The summed E-state index contributed by atoms with van der Waals surface area (Å²) in [6, 6.07) is 9.89. The highest BCUT2D eigenvalue weighted by atomic mass is 16.5. The van der Waals surface area contributed by atoms with Gasteiger partial charge in [-0.1, -0.05) is 0 Å². The molecule has 8 nitrogen and oxygen atoms in total. The number of unbranched alkanes of at least 4 members (excludes halogenated alkanes) is 1. The molecule has 8 heteroatoms. The lowest BCUT2D eigenvalue weighted by Gasteiger charge is -2.11. The van der Waals surface area contributed by atoms with E-state index >= 15 is 0 Å². The van der Waals surface area contributed by atoms with E-state index in [1.54, 1.807) is 0 Å². The van der Waals surface area contributed by atoms with Crippen LogP contribution in [0.3, 0.4) is 0 Å². The summed E-state index contributed by atoms with van der Waals surface area (Å²) >= 11 is 0. The first-order chi connectivity index (χ1) is 15.0. The summed E-state index contributed by atoms with van der Waals surface area (Å²) < 4.78 is 11.0. The SMILES string of the molecule is COc1c(O)cc(O)c2c(=O)cc(-c3ccc(NCCCCNCCCN)cc3)oc12. The van der Waals surface area contributed by atoms with E-state index in [4.69, 9.17) is 14.9 Å². The Morgan fingerprint density at radius 1 is 1.00 bits per heavy atom. The van der Waals surface area contributed by atoms with Crippen molar-refractivity contribution in [1.82, 2.24) is 5.32 Å². The lowest BCUT2D eigenvalue weighted by atomic mass is 10.1. The highest BCUT2D eigenvalue weighted by Crippen LogP contribution is 2.40. The molecule has 0 aliphatic rings. The standard InChI is InChI=1S/C23H29N3O5/c1-30-22-19(29)13-17(27)21-18(28)14-20(31-23(21)22)15-5-7-16(8-6-15)26-12-3-2-10-25-11-4-9-24/h5-8,13-14,25-27,29H,2-4,9-12,24H2,1H3. The average molecular weight is 428 g/mol. The molecule has 2 aromatic carbocycles. The Kier molecular flexibility index (Phi) is 7.75. The Labute approximate surface area is 180 Å². The zero-order chi connectivity index (χ0) is 22.2. The summed E-state index contributed by atoms with van der Waals surface area (Å²) in [7, 11) is 1.36. The van der Waals surface area contributed by atoms with Gasteiger partial charge < -0.3 is 35.7 Å². The highest BCUT2D eigenvalue weighted by Gasteiger charge is 2.18. The summed E-state index contributed by atoms with van der Waals surface area (Å²) in [5, 5.41) is 26.7. The largest absolute Gasteiger partial charge is 0.507 e. The summed E-state index contributed by atoms with van der Waals surface area (Å²) in [6.45, 7) is 3.52. The summed E-state index contributed by atoms with van der Waals surface area (Å²) in [6.07, 6.45) is 3.13. The third-order valence-corrected chi connectivity index (χ3v) is 4.96. The Bertz CT molecular complexity index is 1060. The Morgan fingerprint density at radius 2 is 1.71 bits per heavy atom. The maximum Gasteiger partial charge on any atom is 0.204 e. The zero-order valence-electron chi connectivity index (χ0n) is 17.6. The maximum absolute atomic E-state index is 12.5. The Balaban J connectivity index is 1.68. The van der Waals surface area contributed by atoms with Gasteiger partial charge >= 0.3 is 0 Å². The minimum absolute atomic E-state index is 0.00236. The van der Waals surface area contributed by atoms with Crippen molar-refractivity contribution in [3.63, 3.8) is 0 Å². The highest BCUT2D eigenvalue weighted by molar-refractivity contribution is 5.91. The van der Waals surface area contributed by atoms with Crippen LogP contribution in [0, 0.1) is 0 Å². The lowest BCUT2D eigenvalue weighted by Crippen LogP contribution is -2.19.